The van der Waals surface area contributed by atoms with Crippen LogP contribution >= 0.6 is 0 Å². The van der Waals surface area contributed by atoms with Gasteiger partial charge in [-0.25, -0.2) is 0 Å². The van der Waals surface area contributed by atoms with Crippen molar-refractivity contribution in [1.82, 2.24) is 0 Å². The van der Waals surface area contributed by atoms with Gasteiger partial charge in [-0.1, -0.05) is 13.3 Å². The molecule has 0 spiro atoms. The lowest BCUT2D eigenvalue weighted by atomic mass is 9.80. The van der Waals surface area contributed by atoms with Gasteiger partial charge in [-0.15, -0.1) is 0 Å². The molecule has 1 aliphatic carbocycles. The third kappa shape index (κ3) is 5.62. The van der Waals surface area contributed by atoms with E-state index in [2.05, 4.69) is 6.92 Å². The van der Waals surface area contributed by atoms with Gasteiger partial charge >= 0.3 is 11.9 Å². The first-order valence-corrected chi connectivity index (χ1v) is 7.28. The zero-order valence-corrected chi connectivity index (χ0v) is 12.3. The number of carboxylic acid groups (broad SMARTS) is 1. The van der Waals surface area contributed by atoms with Crippen molar-refractivity contribution in [2.24, 2.45) is 11.8 Å². The molecule has 0 aliphatic heterocycles. The molecule has 0 amide bonds. The lowest BCUT2D eigenvalue weighted by Crippen LogP contribution is -2.30. The van der Waals surface area contributed by atoms with Crippen molar-refractivity contribution in [1.29, 1.82) is 0 Å². The van der Waals surface area contributed by atoms with Crippen LogP contribution < -0.4 is 0 Å². The fourth-order valence-electron chi connectivity index (χ4n) is 2.85. The van der Waals surface area contributed by atoms with Crippen LogP contribution in [0.1, 0.15) is 65.7 Å². The third-order valence-corrected chi connectivity index (χ3v) is 3.89. The summed E-state index contributed by atoms with van der Waals surface area (Å²) in [6, 6.07) is 0. The number of carboxylic acids is 1. The van der Waals surface area contributed by atoms with Crippen LogP contribution in [-0.4, -0.2) is 22.6 Å². The van der Waals surface area contributed by atoms with Crippen molar-refractivity contribution in [3.63, 3.8) is 0 Å². The van der Waals surface area contributed by atoms with Crippen LogP contribution in [-0.2, 0) is 14.3 Å². The van der Waals surface area contributed by atoms with Crippen molar-refractivity contribution in [3.8, 4) is 0 Å². The van der Waals surface area contributed by atoms with E-state index in [0.717, 1.165) is 25.7 Å². The minimum Gasteiger partial charge on any atom is -0.481 e. The van der Waals surface area contributed by atoms with E-state index in [1.54, 1.807) is 0 Å². The van der Waals surface area contributed by atoms with Gasteiger partial charge in [0.1, 0.15) is 5.60 Å². The molecule has 19 heavy (non-hydrogen) atoms. The Morgan fingerprint density at radius 2 is 1.79 bits per heavy atom. The highest BCUT2D eigenvalue weighted by Gasteiger charge is 2.29. The first kappa shape index (κ1) is 16.0. The molecule has 0 heterocycles. The standard InChI is InChI=1S/C15H26O4/c1-4-9-15(2,3)19-13(16)10-11-5-7-12(8-6-11)14(17)18/h11-12H,4-10H2,1-3H3,(H,17,18). The number of esters is 1. The Morgan fingerprint density at radius 3 is 2.26 bits per heavy atom. The predicted octanol–water partition coefficient (Wildman–Crippen LogP) is 3.39. The highest BCUT2D eigenvalue weighted by molar-refractivity contribution is 5.71. The Labute approximate surface area is 115 Å². The summed E-state index contributed by atoms with van der Waals surface area (Å²) in [5.74, 6) is -0.772. The summed E-state index contributed by atoms with van der Waals surface area (Å²) >= 11 is 0. The number of hydrogen-bond donors (Lipinski definition) is 1. The minimum atomic E-state index is -0.704. The number of rotatable bonds is 6. The molecule has 0 aromatic rings. The van der Waals surface area contributed by atoms with Gasteiger partial charge < -0.3 is 9.84 Å². The van der Waals surface area contributed by atoms with Crippen LogP contribution in [0.2, 0.25) is 0 Å². The van der Waals surface area contributed by atoms with E-state index in [0.29, 0.717) is 25.2 Å². The molecular formula is C15H26O4. The van der Waals surface area contributed by atoms with Crippen molar-refractivity contribution in [2.75, 3.05) is 0 Å². The normalized spacial score (nSPS) is 23.9. The van der Waals surface area contributed by atoms with E-state index >= 15 is 0 Å². The molecule has 0 aromatic carbocycles. The molecule has 0 atom stereocenters. The quantitative estimate of drug-likeness (QED) is 0.751. The average Bonchev–Trinajstić information content (AvgIpc) is 2.28. The summed E-state index contributed by atoms with van der Waals surface area (Å²) < 4.78 is 5.50. The van der Waals surface area contributed by atoms with E-state index in [1.807, 2.05) is 13.8 Å². The maximum atomic E-state index is 11.9. The van der Waals surface area contributed by atoms with E-state index in [1.165, 1.54) is 0 Å². The maximum Gasteiger partial charge on any atom is 0.306 e. The molecule has 1 fully saturated rings. The highest BCUT2D eigenvalue weighted by Crippen LogP contribution is 2.31. The van der Waals surface area contributed by atoms with Crippen LogP contribution in [0.3, 0.4) is 0 Å². The molecule has 4 nitrogen and oxygen atoms in total. The molecule has 0 aromatic heterocycles. The first-order chi connectivity index (χ1) is 8.84. The summed E-state index contributed by atoms with van der Waals surface area (Å²) in [6.07, 6.45) is 5.30. The van der Waals surface area contributed by atoms with E-state index in [9.17, 15) is 9.59 Å². The van der Waals surface area contributed by atoms with Crippen LogP contribution in [0.25, 0.3) is 0 Å². The Morgan fingerprint density at radius 1 is 1.21 bits per heavy atom. The van der Waals surface area contributed by atoms with Crippen molar-refractivity contribution < 1.29 is 19.4 Å². The summed E-state index contributed by atoms with van der Waals surface area (Å²) in [5.41, 5.74) is -0.385. The van der Waals surface area contributed by atoms with Gasteiger partial charge in [0.15, 0.2) is 0 Å². The van der Waals surface area contributed by atoms with Gasteiger partial charge in [-0.3, -0.25) is 9.59 Å². The van der Waals surface area contributed by atoms with Gasteiger partial charge in [0, 0.05) is 6.42 Å². The number of aliphatic carboxylic acids is 1. The van der Waals surface area contributed by atoms with Crippen LogP contribution in [0, 0.1) is 11.8 Å². The van der Waals surface area contributed by atoms with Gasteiger partial charge in [-0.2, -0.15) is 0 Å². The summed E-state index contributed by atoms with van der Waals surface area (Å²) in [7, 11) is 0. The molecule has 1 aliphatic rings. The van der Waals surface area contributed by atoms with Crippen molar-refractivity contribution in [2.45, 2.75) is 71.3 Å². The number of carbonyl (C=O) groups excluding carboxylic acids is 1. The molecule has 4 heteroatoms. The molecule has 1 N–H and O–H groups in total. The Hall–Kier alpha value is -1.06. The van der Waals surface area contributed by atoms with Crippen LogP contribution in [0.5, 0.6) is 0 Å². The monoisotopic (exact) mass is 270 g/mol. The number of ether oxygens (including phenoxy) is 1. The Kier molecular flexibility index (Phi) is 5.83. The lowest BCUT2D eigenvalue weighted by Gasteiger charge is -2.28. The maximum absolute atomic E-state index is 11.9. The SMILES string of the molecule is CCCC(C)(C)OC(=O)CC1CCC(C(=O)O)CC1. The molecule has 1 saturated carbocycles. The van der Waals surface area contributed by atoms with Gasteiger partial charge in [0.25, 0.3) is 0 Å². The third-order valence-electron chi connectivity index (χ3n) is 3.89. The van der Waals surface area contributed by atoms with Gasteiger partial charge in [-0.05, 0) is 51.9 Å². The second-order valence-electron chi connectivity index (χ2n) is 6.24. The number of carbonyl (C=O) groups is 2. The molecular weight excluding hydrogens is 244 g/mol. The van der Waals surface area contributed by atoms with Crippen molar-refractivity contribution in [3.05, 3.63) is 0 Å². The molecule has 0 unspecified atom stereocenters. The van der Waals surface area contributed by atoms with Gasteiger partial charge in [0.2, 0.25) is 0 Å². The second-order valence-corrected chi connectivity index (χ2v) is 6.24. The lowest BCUT2D eigenvalue weighted by molar-refractivity contribution is -0.158. The zero-order chi connectivity index (χ0) is 14.5. The molecule has 110 valence electrons. The summed E-state index contributed by atoms with van der Waals surface area (Å²) in [4.78, 5) is 22.7. The van der Waals surface area contributed by atoms with Crippen LogP contribution in [0.4, 0.5) is 0 Å². The second kappa shape index (κ2) is 6.92. The van der Waals surface area contributed by atoms with E-state index in [-0.39, 0.29) is 17.5 Å². The Bertz CT molecular complexity index is 314. The molecule has 1 rings (SSSR count). The predicted molar refractivity (Wildman–Crippen MR) is 72.8 cm³/mol. The largest absolute Gasteiger partial charge is 0.481 e. The smallest absolute Gasteiger partial charge is 0.306 e. The highest BCUT2D eigenvalue weighted by atomic mass is 16.6. The minimum absolute atomic E-state index is 0.141. The summed E-state index contributed by atoms with van der Waals surface area (Å²) in [5, 5.41) is 8.93. The van der Waals surface area contributed by atoms with Gasteiger partial charge in [0.05, 0.1) is 5.92 Å². The van der Waals surface area contributed by atoms with E-state index in [4.69, 9.17) is 9.84 Å². The summed E-state index contributed by atoms with van der Waals surface area (Å²) in [6.45, 7) is 5.95. The van der Waals surface area contributed by atoms with Crippen molar-refractivity contribution >= 4 is 11.9 Å². The first-order valence-electron chi connectivity index (χ1n) is 7.28. The number of hydrogen-bond acceptors (Lipinski definition) is 3. The molecule has 0 radical (unpaired) electrons. The molecule has 0 saturated heterocycles. The molecule has 0 bridgehead atoms. The fraction of sp³-hybridized carbons (Fsp3) is 0.867. The van der Waals surface area contributed by atoms with Crippen LogP contribution in [0.15, 0.2) is 0 Å². The average molecular weight is 270 g/mol. The van der Waals surface area contributed by atoms with E-state index < -0.39 is 5.97 Å². The zero-order valence-electron chi connectivity index (χ0n) is 12.3. The fourth-order valence-corrected chi connectivity index (χ4v) is 2.85. The topological polar surface area (TPSA) is 63.6 Å². The Balaban J connectivity index is 2.33.